The number of nitrogens with zero attached hydrogens (tertiary/aromatic N) is 4. The highest BCUT2D eigenvalue weighted by Gasteiger charge is 2.59. The van der Waals surface area contributed by atoms with Crippen LogP contribution >= 0.6 is 0 Å². The molecule has 0 spiro atoms. The number of aliphatic hydroxyl groups excluding tert-OH is 3. The van der Waals surface area contributed by atoms with Gasteiger partial charge in [0.1, 0.15) is 36.3 Å². The number of rotatable bonds is 3. The van der Waals surface area contributed by atoms with Crippen molar-refractivity contribution in [1.29, 1.82) is 0 Å². The highest BCUT2D eigenvalue weighted by Crippen LogP contribution is 2.41. The molecule has 10 heteroatoms. The zero-order valence-corrected chi connectivity index (χ0v) is 11.7. The van der Waals surface area contributed by atoms with Gasteiger partial charge in [-0.1, -0.05) is 0 Å². The van der Waals surface area contributed by atoms with Gasteiger partial charge in [-0.2, -0.15) is 0 Å². The van der Waals surface area contributed by atoms with E-state index in [1.54, 1.807) is 0 Å². The van der Waals surface area contributed by atoms with Crippen LogP contribution in [0.1, 0.15) is 6.92 Å². The first-order valence-corrected chi connectivity index (χ1v) is 6.66. The molecule has 22 heavy (non-hydrogen) atoms. The summed E-state index contributed by atoms with van der Waals surface area (Å²) in [7, 11) is 0. The third-order valence-corrected chi connectivity index (χ3v) is 3.96. The van der Waals surface area contributed by atoms with Crippen LogP contribution in [-0.4, -0.2) is 65.9 Å². The van der Waals surface area contributed by atoms with Crippen molar-refractivity contribution < 1.29 is 24.4 Å². The lowest BCUT2D eigenvalue weighted by molar-refractivity contribution is -0.182. The molecule has 1 fully saturated rings. The maximum atomic E-state index is 14.4. The third kappa shape index (κ3) is 1.81. The molecule has 9 nitrogen and oxygen atoms in total. The molecule has 1 saturated heterocycles. The number of ether oxygens (including phenoxy) is 1. The second kappa shape index (κ2) is 5.09. The van der Waals surface area contributed by atoms with Crippen LogP contribution in [0.3, 0.4) is 0 Å². The van der Waals surface area contributed by atoms with E-state index in [-0.39, 0.29) is 17.0 Å². The standard InChI is InChI=1S/C12H16FN5O4/c1-5(13)12(9(21)8(20)6(2-19)22-12)18-4-17-7-10(14)15-3-16-11(7)18/h3-6,8-9,19-21H,2H2,1H3,(H2,14,15,16)/t5?,6-,8-,9-,12-/m1/s1. The van der Waals surface area contributed by atoms with Crippen molar-refractivity contribution in [1.82, 2.24) is 19.5 Å². The molecule has 0 aromatic carbocycles. The largest absolute Gasteiger partial charge is 0.394 e. The van der Waals surface area contributed by atoms with Gasteiger partial charge in [0.15, 0.2) is 11.5 Å². The lowest BCUT2D eigenvalue weighted by Gasteiger charge is -2.34. The Morgan fingerprint density at radius 1 is 1.45 bits per heavy atom. The van der Waals surface area contributed by atoms with Crippen LogP contribution in [0.15, 0.2) is 12.7 Å². The minimum atomic E-state index is -1.97. The van der Waals surface area contributed by atoms with Crippen molar-refractivity contribution in [3.05, 3.63) is 12.7 Å². The number of hydrogen-bond donors (Lipinski definition) is 4. The fraction of sp³-hybridized carbons (Fsp3) is 0.583. The maximum Gasteiger partial charge on any atom is 0.207 e. The monoisotopic (exact) mass is 313 g/mol. The molecule has 2 aromatic heterocycles. The van der Waals surface area contributed by atoms with Gasteiger partial charge in [0.25, 0.3) is 0 Å². The van der Waals surface area contributed by atoms with E-state index in [0.717, 1.165) is 0 Å². The van der Waals surface area contributed by atoms with Crippen LogP contribution in [0.5, 0.6) is 0 Å². The SMILES string of the molecule is CC(F)[C@@]1(n2cnc3c(N)ncnc32)O[C@H](CO)[C@@H](O)[C@H]1O. The minimum absolute atomic E-state index is 0.0946. The number of alkyl halides is 1. The Labute approximate surface area is 124 Å². The summed E-state index contributed by atoms with van der Waals surface area (Å²) in [6.45, 7) is 0.600. The van der Waals surface area contributed by atoms with E-state index in [1.807, 2.05) is 0 Å². The number of anilines is 1. The zero-order valence-electron chi connectivity index (χ0n) is 11.7. The molecule has 2 aromatic rings. The molecule has 3 heterocycles. The number of nitrogens with two attached hydrogens (primary N) is 1. The molecular weight excluding hydrogens is 297 g/mol. The van der Waals surface area contributed by atoms with Gasteiger partial charge in [0.05, 0.1) is 12.9 Å². The minimum Gasteiger partial charge on any atom is -0.394 e. The van der Waals surface area contributed by atoms with Gasteiger partial charge in [-0.3, -0.25) is 4.57 Å². The first-order valence-electron chi connectivity index (χ1n) is 6.66. The summed E-state index contributed by atoms with van der Waals surface area (Å²) < 4.78 is 21.0. The highest BCUT2D eigenvalue weighted by molar-refractivity contribution is 5.81. The van der Waals surface area contributed by atoms with Crippen molar-refractivity contribution in [3.8, 4) is 0 Å². The number of aliphatic hydroxyl groups is 3. The van der Waals surface area contributed by atoms with Gasteiger partial charge in [-0.25, -0.2) is 19.3 Å². The Kier molecular flexibility index (Phi) is 3.48. The first kappa shape index (κ1) is 15.0. The predicted octanol–water partition coefficient (Wildman–Crippen LogP) is -1.47. The summed E-state index contributed by atoms with van der Waals surface area (Å²) in [5.41, 5.74) is 4.10. The van der Waals surface area contributed by atoms with Crippen molar-refractivity contribution >= 4 is 17.0 Å². The topological polar surface area (TPSA) is 140 Å². The number of imidazole rings is 1. The second-order valence-electron chi connectivity index (χ2n) is 5.19. The summed E-state index contributed by atoms with van der Waals surface area (Å²) in [6, 6.07) is 0. The third-order valence-electron chi connectivity index (χ3n) is 3.96. The van der Waals surface area contributed by atoms with Gasteiger partial charge in [0.2, 0.25) is 5.72 Å². The number of fused-ring (bicyclic) bond motifs is 1. The summed E-state index contributed by atoms with van der Waals surface area (Å²) >= 11 is 0. The lowest BCUT2D eigenvalue weighted by Crippen LogP contribution is -2.51. The Balaban J connectivity index is 2.22. The Hall–Kier alpha value is -1.88. The van der Waals surface area contributed by atoms with Gasteiger partial charge >= 0.3 is 0 Å². The summed E-state index contributed by atoms with van der Waals surface area (Å²) in [4.78, 5) is 11.8. The van der Waals surface area contributed by atoms with Crippen molar-refractivity contribution in [3.63, 3.8) is 0 Å². The number of nitrogen functional groups attached to an aromatic ring is 1. The Morgan fingerprint density at radius 2 is 2.18 bits per heavy atom. The van der Waals surface area contributed by atoms with Crippen molar-refractivity contribution in [2.45, 2.75) is 37.1 Å². The van der Waals surface area contributed by atoms with Crippen LogP contribution < -0.4 is 5.73 Å². The van der Waals surface area contributed by atoms with Crippen LogP contribution in [-0.2, 0) is 10.5 Å². The molecule has 0 aliphatic carbocycles. The van der Waals surface area contributed by atoms with Crippen LogP contribution in [0.4, 0.5) is 10.2 Å². The van der Waals surface area contributed by atoms with E-state index in [1.165, 1.54) is 24.1 Å². The lowest BCUT2D eigenvalue weighted by atomic mass is 9.98. The van der Waals surface area contributed by atoms with Crippen molar-refractivity contribution in [2.75, 3.05) is 12.3 Å². The van der Waals surface area contributed by atoms with E-state index < -0.39 is 36.8 Å². The summed E-state index contributed by atoms with van der Waals surface area (Å²) in [6.07, 6.45) is -3.57. The normalized spacial score (nSPS) is 33.4. The molecule has 5 N–H and O–H groups in total. The molecule has 1 unspecified atom stereocenters. The molecule has 1 aliphatic rings. The van der Waals surface area contributed by atoms with E-state index in [0.29, 0.717) is 0 Å². The number of aromatic nitrogens is 4. The molecule has 0 bridgehead atoms. The molecular formula is C12H16FN5O4. The van der Waals surface area contributed by atoms with Crippen LogP contribution in [0, 0.1) is 0 Å². The maximum absolute atomic E-state index is 14.4. The smallest absolute Gasteiger partial charge is 0.207 e. The molecule has 3 rings (SSSR count). The second-order valence-corrected chi connectivity index (χ2v) is 5.19. The molecule has 0 amide bonds. The first-order chi connectivity index (χ1) is 10.4. The average Bonchev–Trinajstić information content (AvgIpc) is 3.02. The van der Waals surface area contributed by atoms with Crippen LogP contribution in [0.25, 0.3) is 11.2 Å². The molecule has 0 radical (unpaired) electrons. The van der Waals surface area contributed by atoms with Gasteiger partial charge < -0.3 is 25.8 Å². The van der Waals surface area contributed by atoms with Crippen LogP contribution in [0.2, 0.25) is 0 Å². The van der Waals surface area contributed by atoms with Gasteiger partial charge in [-0.15, -0.1) is 0 Å². The Morgan fingerprint density at radius 3 is 2.77 bits per heavy atom. The molecule has 5 atom stereocenters. The molecule has 120 valence electrons. The predicted molar refractivity (Wildman–Crippen MR) is 72.3 cm³/mol. The number of hydrogen-bond acceptors (Lipinski definition) is 8. The van der Waals surface area contributed by atoms with E-state index >= 15 is 0 Å². The fourth-order valence-electron chi connectivity index (χ4n) is 2.80. The van der Waals surface area contributed by atoms with E-state index in [9.17, 15) is 19.7 Å². The molecule has 0 saturated carbocycles. The van der Waals surface area contributed by atoms with E-state index in [2.05, 4.69) is 15.0 Å². The number of halogens is 1. The molecule has 1 aliphatic heterocycles. The average molecular weight is 313 g/mol. The van der Waals surface area contributed by atoms with Gasteiger partial charge in [0, 0.05) is 0 Å². The van der Waals surface area contributed by atoms with Crippen molar-refractivity contribution in [2.24, 2.45) is 0 Å². The highest BCUT2D eigenvalue weighted by atomic mass is 19.1. The Bertz CT molecular complexity index is 695. The van der Waals surface area contributed by atoms with Gasteiger partial charge in [-0.05, 0) is 6.92 Å². The quantitative estimate of drug-likeness (QED) is 0.538. The summed E-state index contributed by atoms with van der Waals surface area (Å²) in [5.74, 6) is 0.0946. The zero-order chi connectivity index (χ0) is 16.1. The summed E-state index contributed by atoms with van der Waals surface area (Å²) in [5, 5.41) is 29.5. The van der Waals surface area contributed by atoms with E-state index in [4.69, 9.17) is 10.5 Å². The fourth-order valence-corrected chi connectivity index (χ4v) is 2.80.